The number of pyridine rings is 1. The van der Waals surface area contributed by atoms with Crippen LogP contribution in [0.15, 0.2) is 79.1 Å². The van der Waals surface area contributed by atoms with E-state index in [9.17, 15) is 31.5 Å². The van der Waals surface area contributed by atoms with Gasteiger partial charge in [0.2, 0.25) is 5.91 Å². The van der Waals surface area contributed by atoms with Crippen LogP contribution in [0.5, 0.6) is 0 Å². The Morgan fingerprint density at radius 2 is 1.65 bits per heavy atom. The molecule has 3 aromatic carbocycles. The highest BCUT2D eigenvalue weighted by Crippen LogP contribution is 2.38. The zero-order chi connectivity index (χ0) is 43.9. The number of H-pyrrole nitrogens is 1. The monoisotopic (exact) mass is 880 g/mol. The van der Waals surface area contributed by atoms with Crippen LogP contribution in [0.3, 0.4) is 0 Å². The van der Waals surface area contributed by atoms with Crippen molar-refractivity contribution in [1.29, 1.82) is 0 Å². The second-order valence-corrected chi connectivity index (χ2v) is 17.0. The van der Waals surface area contributed by atoms with Gasteiger partial charge in [0, 0.05) is 72.7 Å². The number of carbonyl (C=O) groups excluding carboxylic acids is 2. The standard InChI is InChI=1S/C45H41F5N10O2S/c1-24-2-8-31-36(16-24)60(57-40(31)41(49)50)23-38(61)54-35(19-25-17-28(46)21-29(47)18-25)39-32(27-5-9-34(48)33(20-27)42(51)62)22-37-44(55-39)56-45(63-37)59-14-12-58(13-15-59)30-6-3-26(4-7-30)43-52-10-11-53-43/h3-7,9-11,17-18,20-22,24,35,41H,2,8,12-16,19,23H2,1H3,(H2,51,62)(H,52,53)(H,54,61)/t24?,35-/m0/s1. The first-order chi connectivity index (χ1) is 30.4. The number of aromatic amines is 1. The molecule has 7 aromatic rings. The molecule has 63 heavy (non-hydrogen) atoms. The normalized spacial score (nSPS) is 15.8. The van der Waals surface area contributed by atoms with E-state index in [0.717, 1.165) is 41.3 Å². The van der Waals surface area contributed by atoms with E-state index in [1.807, 2.05) is 19.1 Å². The summed E-state index contributed by atoms with van der Waals surface area (Å²) >= 11 is 1.38. The van der Waals surface area contributed by atoms with Gasteiger partial charge in [-0.05, 0) is 97.3 Å². The minimum Gasteiger partial charge on any atom is -0.368 e. The number of aromatic nitrogens is 6. The van der Waals surface area contributed by atoms with Gasteiger partial charge >= 0.3 is 0 Å². The van der Waals surface area contributed by atoms with Gasteiger partial charge < -0.3 is 25.8 Å². The molecule has 5 heterocycles. The largest absolute Gasteiger partial charge is 0.368 e. The number of amides is 2. The summed E-state index contributed by atoms with van der Waals surface area (Å²) in [5, 5.41) is 7.80. The van der Waals surface area contributed by atoms with Crippen molar-refractivity contribution in [3.63, 3.8) is 0 Å². The number of anilines is 2. The summed E-state index contributed by atoms with van der Waals surface area (Å²) in [6, 6.07) is 15.7. The van der Waals surface area contributed by atoms with E-state index >= 15 is 0 Å². The summed E-state index contributed by atoms with van der Waals surface area (Å²) in [5.74, 6) is -3.16. The highest BCUT2D eigenvalue weighted by Gasteiger charge is 2.31. The summed E-state index contributed by atoms with van der Waals surface area (Å²) < 4.78 is 74.4. The van der Waals surface area contributed by atoms with Crippen molar-refractivity contribution < 1.29 is 31.5 Å². The number of primary amides is 1. The molecular weight excluding hydrogens is 840 g/mol. The number of nitrogens with one attached hydrogen (secondary N) is 2. The fourth-order valence-corrected chi connectivity index (χ4v) is 9.53. The van der Waals surface area contributed by atoms with E-state index in [1.54, 1.807) is 18.5 Å². The molecule has 1 aliphatic carbocycles. The van der Waals surface area contributed by atoms with Gasteiger partial charge in [0.05, 0.1) is 22.0 Å². The number of hydrogen-bond acceptors (Lipinski definition) is 9. The molecule has 12 nitrogen and oxygen atoms in total. The average Bonchev–Trinajstić information content (AvgIpc) is 4.03. The summed E-state index contributed by atoms with van der Waals surface area (Å²) in [4.78, 5) is 48.2. The Morgan fingerprint density at radius 1 is 0.921 bits per heavy atom. The molecule has 0 radical (unpaired) electrons. The maximum atomic E-state index is 14.9. The van der Waals surface area contributed by atoms with Crippen molar-refractivity contribution in [3.05, 3.63) is 130 Å². The van der Waals surface area contributed by atoms with E-state index in [0.29, 0.717) is 83.3 Å². The molecule has 1 saturated heterocycles. The molecule has 18 heteroatoms. The van der Waals surface area contributed by atoms with Crippen LogP contribution in [-0.2, 0) is 30.6 Å². The van der Waals surface area contributed by atoms with E-state index in [-0.39, 0.29) is 34.9 Å². The number of fused-ring (bicyclic) bond motifs is 2. The number of hydrogen-bond donors (Lipinski definition) is 3. The van der Waals surface area contributed by atoms with Crippen LogP contribution in [0.1, 0.15) is 64.4 Å². The third-order valence-corrected chi connectivity index (χ3v) is 12.7. The number of rotatable bonds is 12. The lowest BCUT2D eigenvalue weighted by atomic mass is 9.88. The molecule has 1 unspecified atom stereocenters. The summed E-state index contributed by atoms with van der Waals surface area (Å²) in [6.07, 6.45) is 2.08. The van der Waals surface area contributed by atoms with Gasteiger partial charge in [-0.15, -0.1) is 0 Å². The summed E-state index contributed by atoms with van der Waals surface area (Å²) in [7, 11) is 0. The van der Waals surface area contributed by atoms with Crippen molar-refractivity contribution in [2.24, 2.45) is 11.7 Å². The van der Waals surface area contributed by atoms with Gasteiger partial charge in [0.15, 0.2) is 10.8 Å². The minimum atomic E-state index is -2.83. The quantitative estimate of drug-likeness (QED) is 0.105. The Hall–Kier alpha value is -6.69. The van der Waals surface area contributed by atoms with Crippen LogP contribution in [-0.4, -0.2) is 67.7 Å². The Balaban J connectivity index is 1.07. The van der Waals surface area contributed by atoms with Crippen LogP contribution in [0.2, 0.25) is 0 Å². The molecule has 1 aliphatic heterocycles. The molecule has 2 amide bonds. The van der Waals surface area contributed by atoms with Crippen molar-refractivity contribution in [2.75, 3.05) is 36.0 Å². The van der Waals surface area contributed by atoms with Crippen LogP contribution in [0.25, 0.3) is 32.9 Å². The highest BCUT2D eigenvalue weighted by molar-refractivity contribution is 7.22. The highest BCUT2D eigenvalue weighted by atomic mass is 32.1. The lowest BCUT2D eigenvalue weighted by molar-refractivity contribution is -0.122. The molecule has 2 aliphatic rings. The lowest BCUT2D eigenvalue weighted by Gasteiger charge is -2.36. The topological polar surface area (TPSA) is 151 Å². The van der Waals surface area contributed by atoms with Crippen LogP contribution in [0.4, 0.5) is 32.8 Å². The minimum absolute atomic E-state index is 0.173. The van der Waals surface area contributed by atoms with E-state index in [2.05, 4.69) is 42.3 Å². The number of thiazole rings is 1. The zero-order valence-electron chi connectivity index (χ0n) is 33.9. The first-order valence-electron chi connectivity index (χ1n) is 20.5. The van der Waals surface area contributed by atoms with Crippen molar-refractivity contribution >= 4 is 44.3 Å². The third-order valence-electron chi connectivity index (χ3n) is 11.7. The number of nitrogens with two attached hydrogens (primary N) is 1. The molecule has 1 fully saturated rings. The predicted molar refractivity (Wildman–Crippen MR) is 229 cm³/mol. The van der Waals surface area contributed by atoms with Crippen molar-refractivity contribution in [2.45, 2.75) is 51.6 Å². The zero-order valence-corrected chi connectivity index (χ0v) is 34.7. The molecule has 4 aromatic heterocycles. The molecular formula is C45H41F5N10O2S. The van der Waals surface area contributed by atoms with E-state index < -0.39 is 48.3 Å². The fourth-order valence-electron chi connectivity index (χ4n) is 8.53. The van der Waals surface area contributed by atoms with Gasteiger partial charge in [0.1, 0.15) is 35.5 Å². The Kier molecular flexibility index (Phi) is 11.4. The Bertz CT molecular complexity index is 2800. The Labute approximate surface area is 362 Å². The number of piperazine rings is 1. The summed E-state index contributed by atoms with van der Waals surface area (Å²) in [5.41, 5.74) is 9.29. The second-order valence-electron chi connectivity index (χ2n) is 16.0. The molecule has 0 saturated carbocycles. The maximum absolute atomic E-state index is 14.9. The SMILES string of the molecule is CC1CCc2c(C(F)F)nn(CC(=O)N[C@@H](Cc3cc(F)cc(F)c3)c3nc4nc(N5CCN(c6ccc(-c7ncc[nH]7)cc6)CC5)sc4cc3-c3ccc(F)c(C(N)=O)c3)c2C1. The van der Waals surface area contributed by atoms with Gasteiger partial charge in [-0.2, -0.15) is 10.1 Å². The first kappa shape index (κ1) is 41.7. The smallest absolute Gasteiger partial charge is 0.282 e. The number of halogens is 5. The van der Waals surface area contributed by atoms with Crippen molar-refractivity contribution in [1.82, 2.24) is 35.0 Å². The molecule has 324 valence electrons. The van der Waals surface area contributed by atoms with Crippen LogP contribution < -0.4 is 20.9 Å². The maximum Gasteiger partial charge on any atom is 0.282 e. The second kappa shape index (κ2) is 17.2. The number of imidazole rings is 1. The molecule has 9 rings (SSSR count). The number of alkyl halides is 2. The number of benzene rings is 3. The number of nitrogens with zero attached hydrogens (tertiary/aromatic N) is 7. The van der Waals surface area contributed by atoms with Crippen molar-refractivity contribution in [3.8, 4) is 22.5 Å². The van der Waals surface area contributed by atoms with Gasteiger partial charge in [-0.25, -0.2) is 31.9 Å². The predicted octanol–water partition coefficient (Wildman–Crippen LogP) is 7.95. The first-order valence-corrected chi connectivity index (χ1v) is 21.3. The molecule has 4 N–H and O–H groups in total. The van der Waals surface area contributed by atoms with Crippen LogP contribution in [0, 0.1) is 23.4 Å². The molecule has 0 bridgehead atoms. The molecule has 0 spiro atoms. The third kappa shape index (κ3) is 8.71. The Morgan fingerprint density at radius 3 is 2.35 bits per heavy atom. The average molecular weight is 881 g/mol. The van der Waals surface area contributed by atoms with Crippen LogP contribution >= 0.6 is 11.3 Å². The fraction of sp³-hybridized carbons (Fsp3) is 0.289. The van der Waals surface area contributed by atoms with Gasteiger partial charge in [-0.3, -0.25) is 14.3 Å². The lowest BCUT2D eigenvalue weighted by Crippen LogP contribution is -2.46. The molecule has 2 atom stereocenters. The van der Waals surface area contributed by atoms with E-state index in [1.165, 1.54) is 28.2 Å². The van der Waals surface area contributed by atoms with E-state index in [4.69, 9.17) is 15.7 Å². The number of carbonyl (C=O) groups is 2. The summed E-state index contributed by atoms with van der Waals surface area (Å²) in [6.45, 7) is 4.30. The van der Waals surface area contributed by atoms with Gasteiger partial charge in [0.25, 0.3) is 12.3 Å². The van der Waals surface area contributed by atoms with Gasteiger partial charge in [-0.1, -0.05) is 24.3 Å².